The predicted octanol–water partition coefficient (Wildman–Crippen LogP) is 0.876. The van der Waals surface area contributed by atoms with E-state index in [-0.39, 0.29) is 11.6 Å². The number of ether oxygens (including phenoxy) is 1. The number of hydrogen-bond donors (Lipinski definition) is 1. The zero-order valence-electron chi connectivity index (χ0n) is 10.8. The van der Waals surface area contributed by atoms with Gasteiger partial charge in [0.05, 0.1) is 12.2 Å². The monoisotopic (exact) mass is 249 g/mol. The first-order chi connectivity index (χ1) is 8.61. The van der Waals surface area contributed by atoms with E-state index in [2.05, 4.69) is 16.8 Å². The molecule has 5 nitrogen and oxygen atoms in total. The van der Waals surface area contributed by atoms with Gasteiger partial charge in [0, 0.05) is 19.3 Å². The highest BCUT2D eigenvalue weighted by atomic mass is 16.5. The minimum Gasteiger partial charge on any atom is -0.383 e. The maximum atomic E-state index is 12.4. The molecule has 1 aromatic heterocycles. The maximum Gasteiger partial charge on any atom is 0.196 e. The number of anilines is 1. The summed E-state index contributed by atoms with van der Waals surface area (Å²) in [5.41, 5.74) is 7.16. The molecule has 1 aliphatic heterocycles. The van der Waals surface area contributed by atoms with Crippen LogP contribution in [-0.4, -0.2) is 48.0 Å². The van der Waals surface area contributed by atoms with Crippen molar-refractivity contribution in [3.05, 3.63) is 23.4 Å². The van der Waals surface area contributed by atoms with Crippen LogP contribution in [0.2, 0.25) is 0 Å². The lowest BCUT2D eigenvalue weighted by atomic mass is 10.0. The Hall–Kier alpha value is -1.46. The van der Waals surface area contributed by atoms with Crippen molar-refractivity contribution in [2.45, 2.75) is 20.0 Å². The number of nitrogens with zero attached hydrogens (tertiary/aromatic N) is 2. The summed E-state index contributed by atoms with van der Waals surface area (Å²) in [5, 5.41) is 0. The SMILES string of the molecule is CCN1CCOC(C(=O)c2cc(C)cnc2N)C1. The van der Waals surface area contributed by atoms with Gasteiger partial charge in [-0.25, -0.2) is 4.98 Å². The number of rotatable bonds is 3. The van der Waals surface area contributed by atoms with Gasteiger partial charge in [0.25, 0.3) is 0 Å². The van der Waals surface area contributed by atoms with Gasteiger partial charge >= 0.3 is 0 Å². The molecule has 0 bridgehead atoms. The fraction of sp³-hybridized carbons (Fsp3) is 0.538. The highest BCUT2D eigenvalue weighted by Gasteiger charge is 2.28. The van der Waals surface area contributed by atoms with E-state index < -0.39 is 6.10 Å². The Morgan fingerprint density at radius 1 is 1.67 bits per heavy atom. The predicted molar refractivity (Wildman–Crippen MR) is 69.6 cm³/mol. The van der Waals surface area contributed by atoms with Gasteiger partial charge in [0.2, 0.25) is 0 Å². The van der Waals surface area contributed by atoms with Crippen molar-refractivity contribution in [1.82, 2.24) is 9.88 Å². The van der Waals surface area contributed by atoms with Crippen molar-refractivity contribution in [3.63, 3.8) is 0 Å². The quantitative estimate of drug-likeness (QED) is 0.805. The van der Waals surface area contributed by atoms with Crippen LogP contribution in [0.3, 0.4) is 0 Å². The lowest BCUT2D eigenvalue weighted by Crippen LogP contribution is -2.46. The Morgan fingerprint density at radius 2 is 2.44 bits per heavy atom. The smallest absolute Gasteiger partial charge is 0.196 e. The molecule has 98 valence electrons. The molecule has 1 unspecified atom stereocenters. The molecule has 0 aromatic carbocycles. The molecule has 2 rings (SSSR count). The molecule has 0 saturated carbocycles. The number of likely N-dealkylation sites (N-methyl/N-ethyl adjacent to an activating group) is 1. The zero-order valence-corrected chi connectivity index (χ0v) is 10.8. The first kappa shape index (κ1) is 13.0. The Kier molecular flexibility index (Phi) is 3.93. The van der Waals surface area contributed by atoms with Crippen LogP contribution in [0.4, 0.5) is 5.82 Å². The van der Waals surface area contributed by atoms with Gasteiger partial charge in [-0.15, -0.1) is 0 Å². The van der Waals surface area contributed by atoms with E-state index in [1.54, 1.807) is 12.3 Å². The Labute approximate surface area is 107 Å². The fourth-order valence-electron chi connectivity index (χ4n) is 2.10. The molecule has 18 heavy (non-hydrogen) atoms. The Morgan fingerprint density at radius 3 is 3.17 bits per heavy atom. The van der Waals surface area contributed by atoms with E-state index in [1.165, 1.54) is 0 Å². The van der Waals surface area contributed by atoms with Crippen molar-refractivity contribution in [2.75, 3.05) is 32.0 Å². The lowest BCUT2D eigenvalue weighted by Gasteiger charge is -2.31. The number of ketones is 1. The highest BCUT2D eigenvalue weighted by molar-refractivity contribution is 6.03. The first-order valence-corrected chi connectivity index (χ1v) is 6.22. The summed E-state index contributed by atoms with van der Waals surface area (Å²) in [5.74, 6) is 0.213. The summed E-state index contributed by atoms with van der Waals surface area (Å²) in [6.07, 6.45) is 1.23. The lowest BCUT2D eigenvalue weighted by molar-refractivity contribution is -0.0148. The van der Waals surface area contributed by atoms with E-state index in [0.717, 1.165) is 18.7 Å². The number of morpholine rings is 1. The van der Waals surface area contributed by atoms with E-state index >= 15 is 0 Å². The van der Waals surface area contributed by atoms with Crippen LogP contribution in [0.25, 0.3) is 0 Å². The van der Waals surface area contributed by atoms with Crippen LogP contribution >= 0.6 is 0 Å². The van der Waals surface area contributed by atoms with Gasteiger partial charge in [-0.3, -0.25) is 9.69 Å². The molecular formula is C13H19N3O2. The van der Waals surface area contributed by atoms with Gasteiger partial charge in [-0.2, -0.15) is 0 Å². The first-order valence-electron chi connectivity index (χ1n) is 6.22. The second-order valence-corrected chi connectivity index (χ2v) is 4.56. The van der Waals surface area contributed by atoms with E-state index in [1.807, 2.05) is 6.92 Å². The van der Waals surface area contributed by atoms with Crippen molar-refractivity contribution in [3.8, 4) is 0 Å². The number of Topliss-reactive ketones (excluding diaryl/α,β-unsaturated/α-hetero) is 1. The number of aromatic nitrogens is 1. The molecule has 2 heterocycles. The van der Waals surface area contributed by atoms with Gasteiger partial charge in [0.15, 0.2) is 5.78 Å². The number of carbonyl (C=O) groups excluding carboxylic acids is 1. The summed E-state index contributed by atoms with van der Waals surface area (Å²) in [6.45, 7) is 6.99. The Balaban J connectivity index is 2.17. The molecule has 0 aliphatic carbocycles. The minimum absolute atomic E-state index is 0.0677. The van der Waals surface area contributed by atoms with Crippen LogP contribution in [-0.2, 0) is 4.74 Å². The molecule has 1 fully saturated rings. The summed E-state index contributed by atoms with van der Waals surface area (Å²) < 4.78 is 5.55. The number of aryl methyl sites for hydroxylation is 1. The topological polar surface area (TPSA) is 68.5 Å². The third kappa shape index (κ3) is 2.68. The van der Waals surface area contributed by atoms with Crippen LogP contribution < -0.4 is 5.73 Å². The minimum atomic E-state index is -0.426. The molecule has 0 radical (unpaired) electrons. The number of hydrogen-bond acceptors (Lipinski definition) is 5. The standard InChI is InChI=1S/C13H19N3O2/c1-3-16-4-5-18-11(8-16)12(17)10-6-9(2)7-15-13(10)14/h6-7,11H,3-5,8H2,1-2H3,(H2,14,15). The largest absolute Gasteiger partial charge is 0.383 e. The molecule has 1 atom stereocenters. The fourth-order valence-corrected chi connectivity index (χ4v) is 2.10. The summed E-state index contributed by atoms with van der Waals surface area (Å²) in [4.78, 5) is 18.6. The van der Waals surface area contributed by atoms with Crippen molar-refractivity contribution < 1.29 is 9.53 Å². The van der Waals surface area contributed by atoms with Crippen molar-refractivity contribution >= 4 is 11.6 Å². The van der Waals surface area contributed by atoms with Crippen molar-refractivity contribution in [1.29, 1.82) is 0 Å². The second-order valence-electron chi connectivity index (χ2n) is 4.56. The van der Waals surface area contributed by atoms with Gasteiger partial charge in [-0.1, -0.05) is 6.92 Å². The van der Waals surface area contributed by atoms with Crippen LogP contribution in [0.5, 0.6) is 0 Å². The molecule has 2 N–H and O–H groups in total. The summed E-state index contributed by atoms with van der Waals surface area (Å²) in [7, 11) is 0. The highest BCUT2D eigenvalue weighted by Crippen LogP contribution is 2.16. The second kappa shape index (κ2) is 5.46. The van der Waals surface area contributed by atoms with Gasteiger partial charge in [-0.05, 0) is 25.1 Å². The summed E-state index contributed by atoms with van der Waals surface area (Å²) in [6, 6.07) is 1.78. The number of carbonyl (C=O) groups is 1. The molecule has 0 spiro atoms. The zero-order chi connectivity index (χ0) is 13.1. The normalized spacial score (nSPS) is 20.9. The van der Waals surface area contributed by atoms with E-state index in [9.17, 15) is 4.79 Å². The average Bonchev–Trinajstić information content (AvgIpc) is 2.41. The van der Waals surface area contributed by atoms with E-state index in [4.69, 9.17) is 10.5 Å². The number of pyridine rings is 1. The molecule has 5 heteroatoms. The van der Waals surface area contributed by atoms with E-state index in [0.29, 0.717) is 18.7 Å². The van der Waals surface area contributed by atoms with Crippen LogP contribution in [0.1, 0.15) is 22.8 Å². The van der Waals surface area contributed by atoms with Crippen LogP contribution in [0, 0.1) is 6.92 Å². The third-order valence-corrected chi connectivity index (χ3v) is 3.21. The molecule has 1 saturated heterocycles. The third-order valence-electron chi connectivity index (χ3n) is 3.21. The van der Waals surface area contributed by atoms with Gasteiger partial charge in [0.1, 0.15) is 11.9 Å². The molecule has 0 amide bonds. The van der Waals surface area contributed by atoms with Crippen LogP contribution in [0.15, 0.2) is 12.3 Å². The maximum absolute atomic E-state index is 12.4. The Bertz CT molecular complexity index is 448. The van der Waals surface area contributed by atoms with Gasteiger partial charge < -0.3 is 10.5 Å². The summed E-state index contributed by atoms with van der Waals surface area (Å²) >= 11 is 0. The van der Waals surface area contributed by atoms with Crippen molar-refractivity contribution in [2.24, 2.45) is 0 Å². The molecule has 1 aliphatic rings. The average molecular weight is 249 g/mol. The number of nitrogen functional groups attached to an aromatic ring is 1. The molecule has 1 aromatic rings. The number of nitrogens with two attached hydrogens (primary N) is 1. The molecular weight excluding hydrogens is 230 g/mol.